The van der Waals surface area contributed by atoms with Gasteiger partial charge in [0.15, 0.2) is 0 Å². The van der Waals surface area contributed by atoms with E-state index in [9.17, 15) is 9.50 Å². The maximum Gasteiger partial charge on any atom is 0.149 e. The molecule has 1 aromatic carbocycles. The molecular formula is C12H7Br2ClFNO. The number of benzene rings is 1. The first-order valence-corrected chi connectivity index (χ1v) is 6.90. The van der Waals surface area contributed by atoms with Gasteiger partial charge in [-0.1, -0.05) is 17.7 Å². The van der Waals surface area contributed by atoms with E-state index in [4.69, 9.17) is 11.6 Å². The molecule has 0 aliphatic heterocycles. The van der Waals surface area contributed by atoms with Crippen molar-refractivity contribution in [3.05, 3.63) is 61.5 Å². The molecule has 0 saturated heterocycles. The molecule has 0 radical (unpaired) electrons. The van der Waals surface area contributed by atoms with E-state index in [0.717, 1.165) is 0 Å². The molecule has 0 aliphatic carbocycles. The van der Waals surface area contributed by atoms with Gasteiger partial charge in [-0.25, -0.2) is 4.39 Å². The quantitative estimate of drug-likeness (QED) is 0.761. The third-order valence-electron chi connectivity index (χ3n) is 2.41. The summed E-state index contributed by atoms with van der Waals surface area (Å²) in [6.07, 6.45) is 0.355. The standard InChI is InChI=1S/C12H7Br2ClFNO/c13-7-4-3-6(10(16)9(7)15)12(18)11-8(14)2-1-5-17-11/h1-5,12,18H. The SMILES string of the molecule is OC(c1ccc(Br)c(Cl)c1F)c1ncccc1Br. The summed E-state index contributed by atoms with van der Waals surface area (Å²) in [7, 11) is 0. The van der Waals surface area contributed by atoms with Crippen molar-refractivity contribution in [3.8, 4) is 0 Å². The largest absolute Gasteiger partial charge is 0.382 e. The van der Waals surface area contributed by atoms with Gasteiger partial charge in [0.25, 0.3) is 0 Å². The minimum Gasteiger partial charge on any atom is -0.382 e. The van der Waals surface area contributed by atoms with Crippen LogP contribution in [0.25, 0.3) is 0 Å². The first-order valence-electron chi connectivity index (χ1n) is 4.94. The fraction of sp³-hybridized carbons (Fsp3) is 0.0833. The number of aliphatic hydroxyl groups excluding tert-OH is 1. The van der Waals surface area contributed by atoms with Crippen LogP contribution < -0.4 is 0 Å². The fourth-order valence-corrected chi connectivity index (χ4v) is 2.45. The number of aromatic nitrogens is 1. The van der Waals surface area contributed by atoms with Crippen molar-refractivity contribution in [2.75, 3.05) is 0 Å². The summed E-state index contributed by atoms with van der Waals surface area (Å²) in [5.41, 5.74) is 0.428. The molecule has 1 atom stereocenters. The fourth-order valence-electron chi connectivity index (χ4n) is 1.50. The third kappa shape index (κ3) is 2.59. The molecule has 0 bridgehead atoms. The summed E-state index contributed by atoms with van der Waals surface area (Å²) in [6, 6.07) is 6.49. The molecular weight excluding hydrogens is 388 g/mol. The van der Waals surface area contributed by atoms with Crippen molar-refractivity contribution in [1.29, 1.82) is 0 Å². The Labute approximate surface area is 125 Å². The molecule has 1 unspecified atom stereocenters. The average molecular weight is 395 g/mol. The Morgan fingerprint density at radius 1 is 1.22 bits per heavy atom. The number of rotatable bonds is 2. The molecule has 18 heavy (non-hydrogen) atoms. The predicted molar refractivity (Wildman–Crippen MR) is 75.1 cm³/mol. The van der Waals surface area contributed by atoms with Gasteiger partial charge in [0, 0.05) is 20.7 Å². The van der Waals surface area contributed by atoms with Crippen LogP contribution in [-0.4, -0.2) is 10.1 Å². The van der Waals surface area contributed by atoms with Crippen molar-refractivity contribution in [2.24, 2.45) is 0 Å². The maximum atomic E-state index is 14.0. The molecule has 2 rings (SSSR count). The van der Waals surface area contributed by atoms with Crippen LogP contribution in [0.15, 0.2) is 39.4 Å². The highest BCUT2D eigenvalue weighted by atomic mass is 79.9. The van der Waals surface area contributed by atoms with Crippen molar-refractivity contribution >= 4 is 43.5 Å². The van der Waals surface area contributed by atoms with Crippen LogP contribution in [0.5, 0.6) is 0 Å². The van der Waals surface area contributed by atoms with Crippen LogP contribution in [0.2, 0.25) is 5.02 Å². The van der Waals surface area contributed by atoms with E-state index in [2.05, 4.69) is 36.8 Å². The van der Waals surface area contributed by atoms with E-state index in [-0.39, 0.29) is 10.6 Å². The average Bonchev–Trinajstić information content (AvgIpc) is 2.36. The van der Waals surface area contributed by atoms with Crippen LogP contribution in [0.3, 0.4) is 0 Å². The zero-order valence-corrected chi connectivity index (χ0v) is 12.8. The number of hydrogen-bond acceptors (Lipinski definition) is 2. The first kappa shape index (κ1) is 13.9. The van der Waals surface area contributed by atoms with E-state index in [1.54, 1.807) is 18.2 Å². The van der Waals surface area contributed by atoms with E-state index in [1.807, 2.05) is 0 Å². The Morgan fingerprint density at radius 3 is 2.61 bits per heavy atom. The lowest BCUT2D eigenvalue weighted by atomic mass is 10.1. The number of hydrogen-bond donors (Lipinski definition) is 1. The molecule has 1 aromatic heterocycles. The second-order valence-electron chi connectivity index (χ2n) is 3.54. The van der Waals surface area contributed by atoms with Gasteiger partial charge in [0.2, 0.25) is 0 Å². The van der Waals surface area contributed by atoms with Crippen LogP contribution in [0, 0.1) is 5.82 Å². The topological polar surface area (TPSA) is 33.1 Å². The second kappa shape index (κ2) is 5.65. The molecule has 0 spiro atoms. The molecule has 1 heterocycles. The van der Waals surface area contributed by atoms with E-state index in [0.29, 0.717) is 14.6 Å². The van der Waals surface area contributed by atoms with Crippen LogP contribution >= 0.6 is 43.5 Å². The van der Waals surface area contributed by atoms with Gasteiger partial charge in [-0.3, -0.25) is 4.98 Å². The zero-order valence-electron chi connectivity index (χ0n) is 8.87. The number of pyridine rings is 1. The third-order valence-corrected chi connectivity index (χ3v) is 4.33. The van der Waals surface area contributed by atoms with Crippen LogP contribution in [0.4, 0.5) is 4.39 Å². The summed E-state index contributed by atoms with van der Waals surface area (Å²) in [4.78, 5) is 4.03. The van der Waals surface area contributed by atoms with Gasteiger partial charge in [-0.2, -0.15) is 0 Å². The monoisotopic (exact) mass is 393 g/mol. The number of halogens is 4. The van der Waals surface area contributed by atoms with E-state index < -0.39 is 11.9 Å². The zero-order chi connectivity index (χ0) is 13.3. The van der Waals surface area contributed by atoms with E-state index >= 15 is 0 Å². The normalized spacial score (nSPS) is 12.5. The highest BCUT2D eigenvalue weighted by Crippen LogP contribution is 2.34. The summed E-state index contributed by atoms with van der Waals surface area (Å²) < 4.78 is 15.0. The van der Waals surface area contributed by atoms with Gasteiger partial charge in [0.05, 0.1) is 10.7 Å². The van der Waals surface area contributed by atoms with E-state index in [1.165, 1.54) is 12.3 Å². The molecule has 2 nitrogen and oxygen atoms in total. The molecule has 1 N–H and O–H groups in total. The highest BCUT2D eigenvalue weighted by molar-refractivity contribution is 9.10. The van der Waals surface area contributed by atoms with Crippen LogP contribution in [-0.2, 0) is 0 Å². The Kier molecular flexibility index (Phi) is 4.37. The Morgan fingerprint density at radius 2 is 1.94 bits per heavy atom. The van der Waals surface area contributed by atoms with Crippen molar-refractivity contribution < 1.29 is 9.50 Å². The van der Waals surface area contributed by atoms with Crippen molar-refractivity contribution in [2.45, 2.75) is 6.10 Å². The predicted octanol–water partition coefficient (Wildman–Crippen LogP) is 4.48. The van der Waals surface area contributed by atoms with Crippen LogP contribution in [0.1, 0.15) is 17.4 Å². The Hall–Kier alpha value is -0.490. The lowest BCUT2D eigenvalue weighted by molar-refractivity contribution is 0.209. The first-order chi connectivity index (χ1) is 8.52. The summed E-state index contributed by atoms with van der Waals surface area (Å²) in [5, 5.41) is 10.1. The van der Waals surface area contributed by atoms with Gasteiger partial charge in [-0.05, 0) is 50.1 Å². The Balaban J connectivity index is 2.50. The minimum atomic E-state index is -1.17. The van der Waals surface area contributed by atoms with Crippen molar-refractivity contribution in [3.63, 3.8) is 0 Å². The Bertz CT molecular complexity index is 594. The van der Waals surface area contributed by atoms with Gasteiger partial charge in [0.1, 0.15) is 11.9 Å². The molecule has 0 saturated carbocycles. The molecule has 6 heteroatoms. The summed E-state index contributed by atoms with van der Waals surface area (Å²) in [6.45, 7) is 0. The van der Waals surface area contributed by atoms with Gasteiger partial charge >= 0.3 is 0 Å². The highest BCUT2D eigenvalue weighted by Gasteiger charge is 2.21. The molecule has 0 aliphatic rings. The molecule has 0 amide bonds. The minimum absolute atomic E-state index is 0.0568. The smallest absolute Gasteiger partial charge is 0.149 e. The summed E-state index contributed by atoms with van der Waals surface area (Å²) >= 11 is 12.2. The number of nitrogens with zero attached hydrogens (tertiary/aromatic N) is 1. The van der Waals surface area contributed by atoms with Gasteiger partial charge < -0.3 is 5.11 Å². The number of aliphatic hydroxyl groups is 1. The lowest BCUT2D eigenvalue weighted by Crippen LogP contribution is -2.06. The molecule has 0 fully saturated rings. The lowest BCUT2D eigenvalue weighted by Gasteiger charge is -2.14. The second-order valence-corrected chi connectivity index (χ2v) is 5.62. The molecule has 2 aromatic rings. The maximum absolute atomic E-state index is 14.0. The van der Waals surface area contributed by atoms with Gasteiger partial charge in [-0.15, -0.1) is 0 Å². The molecule has 94 valence electrons. The summed E-state index contributed by atoms with van der Waals surface area (Å²) in [5.74, 6) is -0.656. The van der Waals surface area contributed by atoms with Crippen molar-refractivity contribution in [1.82, 2.24) is 4.98 Å².